The van der Waals surface area contributed by atoms with E-state index in [9.17, 15) is 4.79 Å². The lowest BCUT2D eigenvalue weighted by Crippen LogP contribution is -2.26. The van der Waals surface area contributed by atoms with Crippen molar-refractivity contribution in [2.24, 2.45) is 5.92 Å². The molecule has 4 heteroatoms. The zero-order valence-corrected chi connectivity index (χ0v) is 10.5. The molecule has 0 bridgehead atoms. The molecule has 2 heterocycles. The number of hydrogen-bond donors (Lipinski definition) is 1. The Bertz CT molecular complexity index is 402. The predicted octanol–water partition coefficient (Wildman–Crippen LogP) is 2.18. The Hall–Kier alpha value is -1.32. The molecule has 1 N–H and O–H groups in total. The molecule has 1 fully saturated rings. The van der Waals surface area contributed by atoms with Gasteiger partial charge in [-0.05, 0) is 25.2 Å². The van der Waals surface area contributed by atoms with Gasteiger partial charge in [0.05, 0.1) is 6.33 Å². The standard InChI is InChI=1S/C13H21N3O/c1-2-4-11-5-3-7-16(8-6-11)12-9-13(17)15-10-14-12/h9-11H,2-8H2,1H3,(H,14,15,17). The van der Waals surface area contributed by atoms with Gasteiger partial charge >= 0.3 is 0 Å². The normalized spacial score (nSPS) is 21.2. The van der Waals surface area contributed by atoms with Crippen LogP contribution in [0.3, 0.4) is 0 Å². The third-order valence-electron chi connectivity index (χ3n) is 3.53. The van der Waals surface area contributed by atoms with Crippen molar-refractivity contribution in [3.8, 4) is 0 Å². The molecule has 0 saturated carbocycles. The molecular weight excluding hydrogens is 214 g/mol. The molecule has 4 nitrogen and oxygen atoms in total. The van der Waals surface area contributed by atoms with Crippen LogP contribution in [-0.4, -0.2) is 23.1 Å². The van der Waals surface area contributed by atoms with Gasteiger partial charge in [-0.25, -0.2) is 4.98 Å². The third kappa shape index (κ3) is 3.32. The van der Waals surface area contributed by atoms with E-state index in [4.69, 9.17) is 0 Å². The number of rotatable bonds is 3. The first kappa shape index (κ1) is 12.1. The van der Waals surface area contributed by atoms with Crippen LogP contribution in [0.5, 0.6) is 0 Å². The molecule has 1 aliphatic rings. The first-order valence-corrected chi connectivity index (χ1v) is 6.59. The second-order valence-electron chi connectivity index (χ2n) is 4.84. The van der Waals surface area contributed by atoms with E-state index < -0.39 is 0 Å². The lowest BCUT2D eigenvalue weighted by molar-refractivity contribution is 0.435. The molecular formula is C13H21N3O. The minimum atomic E-state index is -0.0654. The molecule has 94 valence electrons. The van der Waals surface area contributed by atoms with E-state index in [1.54, 1.807) is 6.07 Å². The average molecular weight is 235 g/mol. The summed E-state index contributed by atoms with van der Waals surface area (Å²) in [4.78, 5) is 20.3. The number of nitrogens with one attached hydrogen (secondary N) is 1. The molecule has 1 unspecified atom stereocenters. The molecule has 0 amide bonds. The quantitative estimate of drug-likeness (QED) is 0.873. The minimum Gasteiger partial charge on any atom is -0.356 e. The zero-order chi connectivity index (χ0) is 12.1. The van der Waals surface area contributed by atoms with Gasteiger partial charge in [-0.3, -0.25) is 4.79 Å². The highest BCUT2D eigenvalue weighted by Gasteiger charge is 2.17. The van der Waals surface area contributed by atoms with Gasteiger partial charge in [-0.15, -0.1) is 0 Å². The van der Waals surface area contributed by atoms with E-state index in [0.717, 1.165) is 24.8 Å². The maximum Gasteiger partial charge on any atom is 0.252 e. The minimum absolute atomic E-state index is 0.0654. The van der Waals surface area contributed by atoms with E-state index in [1.807, 2.05) is 0 Å². The molecule has 1 aromatic heterocycles. The Balaban J connectivity index is 2.01. The van der Waals surface area contributed by atoms with Crippen LogP contribution in [0.2, 0.25) is 0 Å². The summed E-state index contributed by atoms with van der Waals surface area (Å²) in [6.07, 6.45) is 7.84. The molecule has 1 aromatic rings. The van der Waals surface area contributed by atoms with Crippen LogP contribution >= 0.6 is 0 Å². The van der Waals surface area contributed by atoms with Gasteiger partial charge in [0.2, 0.25) is 0 Å². The van der Waals surface area contributed by atoms with Crippen molar-refractivity contribution >= 4 is 5.82 Å². The van der Waals surface area contributed by atoms with E-state index in [1.165, 1.54) is 38.4 Å². The fraction of sp³-hybridized carbons (Fsp3) is 0.692. The molecule has 0 aliphatic carbocycles. The van der Waals surface area contributed by atoms with Gasteiger partial charge < -0.3 is 9.88 Å². The topological polar surface area (TPSA) is 49.0 Å². The summed E-state index contributed by atoms with van der Waals surface area (Å²) in [6, 6.07) is 1.60. The summed E-state index contributed by atoms with van der Waals surface area (Å²) in [5, 5.41) is 0. The fourth-order valence-corrected chi connectivity index (χ4v) is 2.62. The second-order valence-corrected chi connectivity index (χ2v) is 4.84. The van der Waals surface area contributed by atoms with E-state index in [0.29, 0.717) is 0 Å². The number of anilines is 1. The summed E-state index contributed by atoms with van der Waals surface area (Å²) in [6.45, 7) is 4.30. The Kier molecular flexibility index (Phi) is 4.18. The van der Waals surface area contributed by atoms with Crippen LogP contribution in [0.1, 0.15) is 39.0 Å². The maximum absolute atomic E-state index is 11.3. The van der Waals surface area contributed by atoms with Crippen LogP contribution in [0, 0.1) is 5.92 Å². The molecule has 1 saturated heterocycles. The van der Waals surface area contributed by atoms with Crippen LogP contribution in [0.25, 0.3) is 0 Å². The molecule has 1 atom stereocenters. The van der Waals surface area contributed by atoms with Gasteiger partial charge in [0.15, 0.2) is 0 Å². The first-order valence-electron chi connectivity index (χ1n) is 6.59. The number of hydrogen-bond acceptors (Lipinski definition) is 3. The highest BCUT2D eigenvalue weighted by Crippen LogP contribution is 2.23. The smallest absolute Gasteiger partial charge is 0.252 e. The summed E-state index contributed by atoms with van der Waals surface area (Å²) < 4.78 is 0. The average Bonchev–Trinajstić information content (AvgIpc) is 2.55. The molecule has 1 aliphatic heterocycles. The number of nitrogens with zero attached hydrogens (tertiary/aromatic N) is 2. The van der Waals surface area contributed by atoms with Crippen LogP contribution in [0.4, 0.5) is 5.82 Å². The lowest BCUT2D eigenvalue weighted by Gasteiger charge is -2.21. The summed E-state index contributed by atoms with van der Waals surface area (Å²) in [7, 11) is 0. The monoisotopic (exact) mass is 235 g/mol. The Morgan fingerprint density at radius 3 is 3.12 bits per heavy atom. The van der Waals surface area contributed by atoms with Crippen molar-refractivity contribution in [1.29, 1.82) is 0 Å². The summed E-state index contributed by atoms with van der Waals surface area (Å²) >= 11 is 0. The van der Waals surface area contributed by atoms with Crippen LogP contribution < -0.4 is 10.5 Å². The van der Waals surface area contributed by atoms with Crippen LogP contribution in [0.15, 0.2) is 17.2 Å². The van der Waals surface area contributed by atoms with Gasteiger partial charge in [0, 0.05) is 19.2 Å². The number of aromatic amines is 1. The third-order valence-corrected chi connectivity index (χ3v) is 3.53. The van der Waals surface area contributed by atoms with E-state index in [2.05, 4.69) is 21.8 Å². The largest absolute Gasteiger partial charge is 0.356 e. The number of aromatic nitrogens is 2. The van der Waals surface area contributed by atoms with Crippen molar-refractivity contribution in [2.75, 3.05) is 18.0 Å². The molecule has 0 spiro atoms. The van der Waals surface area contributed by atoms with Gasteiger partial charge in [0.1, 0.15) is 5.82 Å². The number of H-pyrrole nitrogens is 1. The fourth-order valence-electron chi connectivity index (χ4n) is 2.62. The van der Waals surface area contributed by atoms with E-state index in [-0.39, 0.29) is 5.56 Å². The van der Waals surface area contributed by atoms with Crippen molar-refractivity contribution in [1.82, 2.24) is 9.97 Å². The highest BCUT2D eigenvalue weighted by molar-refractivity contribution is 5.36. The molecule has 0 radical (unpaired) electrons. The van der Waals surface area contributed by atoms with Crippen LogP contribution in [-0.2, 0) is 0 Å². The van der Waals surface area contributed by atoms with Gasteiger partial charge in [-0.2, -0.15) is 0 Å². The summed E-state index contributed by atoms with van der Waals surface area (Å²) in [5.74, 6) is 1.68. The lowest BCUT2D eigenvalue weighted by atomic mass is 9.96. The Morgan fingerprint density at radius 1 is 1.47 bits per heavy atom. The molecule has 0 aromatic carbocycles. The Labute approximate surface area is 102 Å². The van der Waals surface area contributed by atoms with Crippen molar-refractivity contribution in [2.45, 2.75) is 39.0 Å². The Morgan fingerprint density at radius 2 is 2.35 bits per heavy atom. The zero-order valence-electron chi connectivity index (χ0n) is 10.5. The maximum atomic E-state index is 11.3. The van der Waals surface area contributed by atoms with Crippen molar-refractivity contribution in [3.05, 3.63) is 22.7 Å². The summed E-state index contributed by atoms with van der Waals surface area (Å²) in [5.41, 5.74) is -0.0654. The van der Waals surface area contributed by atoms with E-state index >= 15 is 0 Å². The highest BCUT2D eigenvalue weighted by atomic mass is 16.1. The SMILES string of the molecule is CCCC1CCCN(c2cc(=O)[nH]cn2)CC1. The first-order chi connectivity index (χ1) is 8.29. The molecule has 2 rings (SSSR count). The predicted molar refractivity (Wildman–Crippen MR) is 69.3 cm³/mol. The van der Waals surface area contributed by atoms with Gasteiger partial charge in [0.25, 0.3) is 5.56 Å². The second kappa shape index (κ2) is 5.84. The van der Waals surface area contributed by atoms with Gasteiger partial charge in [-0.1, -0.05) is 19.8 Å². The van der Waals surface area contributed by atoms with Crippen molar-refractivity contribution in [3.63, 3.8) is 0 Å². The van der Waals surface area contributed by atoms with Crippen molar-refractivity contribution < 1.29 is 0 Å². The molecule has 17 heavy (non-hydrogen) atoms.